The number of esters is 1. The van der Waals surface area contributed by atoms with Gasteiger partial charge in [0.05, 0.1) is 13.2 Å². The van der Waals surface area contributed by atoms with Gasteiger partial charge < -0.3 is 14.4 Å². The molecule has 1 aromatic rings. The Kier molecular flexibility index (Phi) is 6.72. The zero-order chi connectivity index (χ0) is 15.8. The van der Waals surface area contributed by atoms with Gasteiger partial charge in [-0.3, -0.25) is 9.59 Å². The third kappa shape index (κ3) is 5.45. The van der Waals surface area contributed by atoms with Gasteiger partial charge in [-0.2, -0.15) is 0 Å². The molecule has 21 heavy (non-hydrogen) atoms. The van der Waals surface area contributed by atoms with Crippen LogP contribution in [0.2, 0.25) is 0 Å². The molecule has 0 N–H and O–H groups in total. The predicted molar refractivity (Wildman–Crippen MR) is 80.4 cm³/mol. The van der Waals surface area contributed by atoms with Crippen LogP contribution < -0.4 is 4.74 Å². The van der Waals surface area contributed by atoms with Gasteiger partial charge in [0, 0.05) is 12.1 Å². The van der Waals surface area contributed by atoms with Crippen LogP contribution in [0.4, 0.5) is 0 Å². The summed E-state index contributed by atoms with van der Waals surface area (Å²) in [5.41, 5.74) is 0.505. The first-order valence-electron chi connectivity index (χ1n) is 7.10. The number of methoxy groups -OCH3 is 1. The number of amides is 1. The summed E-state index contributed by atoms with van der Waals surface area (Å²) in [6.07, 6.45) is 0.808. The molecule has 116 valence electrons. The first kappa shape index (κ1) is 17.0. The van der Waals surface area contributed by atoms with Crippen molar-refractivity contribution >= 4 is 11.9 Å². The van der Waals surface area contributed by atoms with E-state index in [0.29, 0.717) is 17.9 Å². The molecule has 5 nitrogen and oxygen atoms in total. The third-order valence-corrected chi connectivity index (χ3v) is 2.78. The molecule has 0 heterocycles. The minimum Gasteiger partial charge on any atom is -0.491 e. The smallest absolute Gasteiger partial charge is 0.325 e. The fourth-order valence-electron chi connectivity index (χ4n) is 1.90. The second-order valence-electron chi connectivity index (χ2n) is 5.00. The number of hydrogen-bond donors (Lipinski definition) is 0. The van der Waals surface area contributed by atoms with Crippen LogP contribution in [-0.2, 0) is 9.53 Å². The van der Waals surface area contributed by atoms with E-state index in [4.69, 9.17) is 4.74 Å². The maximum Gasteiger partial charge on any atom is 0.325 e. The van der Waals surface area contributed by atoms with Gasteiger partial charge in [-0.15, -0.1) is 0 Å². The Bertz CT molecular complexity index is 485. The molecule has 0 radical (unpaired) electrons. The number of benzene rings is 1. The van der Waals surface area contributed by atoms with Gasteiger partial charge in [0.15, 0.2) is 0 Å². The molecule has 0 aliphatic rings. The van der Waals surface area contributed by atoms with Crippen LogP contribution in [0, 0.1) is 0 Å². The summed E-state index contributed by atoms with van der Waals surface area (Å²) in [7, 11) is 1.31. The van der Waals surface area contributed by atoms with Gasteiger partial charge in [-0.05, 0) is 38.5 Å². The van der Waals surface area contributed by atoms with Crippen molar-refractivity contribution in [2.24, 2.45) is 0 Å². The fraction of sp³-hybridized carbons (Fsp3) is 0.500. The minimum absolute atomic E-state index is 0.0390. The Labute approximate surface area is 125 Å². The van der Waals surface area contributed by atoms with Crippen molar-refractivity contribution < 1.29 is 19.1 Å². The Hall–Kier alpha value is -2.04. The quantitative estimate of drug-likeness (QED) is 0.725. The lowest BCUT2D eigenvalue weighted by Gasteiger charge is -2.21. The van der Waals surface area contributed by atoms with E-state index in [1.807, 2.05) is 20.8 Å². The van der Waals surface area contributed by atoms with Crippen LogP contribution in [-0.4, -0.2) is 43.1 Å². The van der Waals surface area contributed by atoms with E-state index >= 15 is 0 Å². The lowest BCUT2D eigenvalue weighted by atomic mass is 10.2. The first-order valence-corrected chi connectivity index (χ1v) is 7.10. The third-order valence-electron chi connectivity index (χ3n) is 2.78. The molecule has 0 fully saturated rings. The van der Waals surface area contributed by atoms with Gasteiger partial charge in [0.1, 0.15) is 12.3 Å². The van der Waals surface area contributed by atoms with Crippen LogP contribution in [0.25, 0.3) is 0 Å². The van der Waals surface area contributed by atoms with Gasteiger partial charge in [-0.25, -0.2) is 0 Å². The fourth-order valence-corrected chi connectivity index (χ4v) is 1.90. The molecule has 0 aliphatic carbocycles. The highest BCUT2D eigenvalue weighted by atomic mass is 16.5. The summed E-state index contributed by atoms with van der Waals surface area (Å²) in [5.74, 6) is 0.0215. The molecule has 0 spiro atoms. The second kappa shape index (κ2) is 8.29. The summed E-state index contributed by atoms with van der Waals surface area (Å²) >= 11 is 0. The zero-order valence-electron chi connectivity index (χ0n) is 13.1. The van der Waals surface area contributed by atoms with Crippen molar-refractivity contribution in [3.8, 4) is 5.75 Å². The van der Waals surface area contributed by atoms with Crippen LogP contribution in [0.15, 0.2) is 24.3 Å². The lowest BCUT2D eigenvalue weighted by Crippen LogP contribution is -2.36. The van der Waals surface area contributed by atoms with Gasteiger partial charge in [-0.1, -0.05) is 13.0 Å². The second-order valence-corrected chi connectivity index (χ2v) is 5.00. The SMILES string of the molecule is CCCN(CC(=O)OC)C(=O)c1cccc(OC(C)C)c1. The van der Waals surface area contributed by atoms with E-state index in [1.54, 1.807) is 24.3 Å². The summed E-state index contributed by atoms with van der Waals surface area (Å²) in [5, 5.41) is 0. The van der Waals surface area contributed by atoms with Crippen molar-refractivity contribution in [3.05, 3.63) is 29.8 Å². The largest absolute Gasteiger partial charge is 0.491 e. The van der Waals surface area contributed by atoms with Crippen LogP contribution in [0.1, 0.15) is 37.6 Å². The van der Waals surface area contributed by atoms with Gasteiger partial charge in [0.25, 0.3) is 5.91 Å². The molecule has 5 heteroatoms. The van der Waals surface area contributed by atoms with Crippen molar-refractivity contribution in [1.29, 1.82) is 0 Å². The molecular weight excluding hydrogens is 270 g/mol. The van der Waals surface area contributed by atoms with Crippen molar-refractivity contribution in [1.82, 2.24) is 4.90 Å². The monoisotopic (exact) mass is 293 g/mol. The van der Waals surface area contributed by atoms with E-state index < -0.39 is 5.97 Å². The van der Waals surface area contributed by atoms with Crippen LogP contribution >= 0.6 is 0 Å². The number of nitrogens with zero attached hydrogens (tertiary/aromatic N) is 1. The van der Waals surface area contributed by atoms with E-state index in [2.05, 4.69) is 4.74 Å². The maximum absolute atomic E-state index is 12.5. The van der Waals surface area contributed by atoms with E-state index in [1.165, 1.54) is 12.0 Å². The number of hydrogen-bond acceptors (Lipinski definition) is 4. The van der Waals surface area contributed by atoms with Crippen molar-refractivity contribution in [2.45, 2.75) is 33.3 Å². The zero-order valence-corrected chi connectivity index (χ0v) is 13.1. The average Bonchev–Trinajstić information content (AvgIpc) is 2.45. The highest BCUT2D eigenvalue weighted by Crippen LogP contribution is 2.16. The van der Waals surface area contributed by atoms with Crippen LogP contribution in [0.3, 0.4) is 0 Å². The van der Waals surface area contributed by atoms with Gasteiger partial charge in [0.2, 0.25) is 0 Å². The highest BCUT2D eigenvalue weighted by Gasteiger charge is 2.19. The first-order chi connectivity index (χ1) is 9.97. The van der Waals surface area contributed by atoms with Crippen molar-refractivity contribution in [2.75, 3.05) is 20.2 Å². The normalized spacial score (nSPS) is 10.3. The summed E-state index contributed by atoms with van der Waals surface area (Å²) in [6, 6.07) is 6.99. The molecule has 0 bridgehead atoms. The standard InChI is InChI=1S/C16H23NO4/c1-5-9-17(11-15(18)20-4)16(19)13-7-6-8-14(10-13)21-12(2)3/h6-8,10,12H,5,9,11H2,1-4H3. The van der Waals surface area contributed by atoms with E-state index in [9.17, 15) is 9.59 Å². The van der Waals surface area contributed by atoms with Gasteiger partial charge >= 0.3 is 5.97 Å². The summed E-state index contributed by atoms with van der Waals surface area (Å²) in [4.78, 5) is 25.4. The topological polar surface area (TPSA) is 55.8 Å². The maximum atomic E-state index is 12.5. The Morgan fingerprint density at radius 2 is 2.00 bits per heavy atom. The molecule has 0 saturated carbocycles. The summed E-state index contributed by atoms with van der Waals surface area (Å²) in [6.45, 7) is 6.27. The number of carbonyl (C=O) groups is 2. The Morgan fingerprint density at radius 3 is 2.57 bits per heavy atom. The molecule has 0 aromatic heterocycles. The molecule has 0 aliphatic heterocycles. The molecule has 1 aromatic carbocycles. The molecule has 0 unspecified atom stereocenters. The molecule has 1 amide bonds. The van der Waals surface area contributed by atoms with E-state index in [0.717, 1.165) is 6.42 Å². The number of ether oxygens (including phenoxy) is 2. The molecule has 0 saturated heterocycles. The Morgan fingerprint density at radius 1 is 1.29 bits per heavy atom. The minimum atomic E-state index is -0.425. The highest BCUT2D eigenvalue weighted by molar-refractivity contribution is 5.96. The summed E-state index contributed by atoms with van der Waals surface area (Å²) < 4.78 is 10.2. The number of carbonyl (C=O) groups excluding carboxylic acids is 2. The lowest BCUT2D eigenvalue weighted by molar-refractivity contribution is -0.141. The van der Waals surface area contributed by atoms with E-state index in [-0.39, 0.29) is 18.6 Å². The molecule has 0 atom stereocenters. The number of rotatable bonds is 7. The van der Waals surface area contributed by atoms with Crippen LogP contribution in [0.5, 0.6) is 5.75 Å². The van der Waals surface area contributed by atoms with Crippen molar-refractivity contribution in [3.63, 3.8) is 0 Å². The molecule has 1 rings (SSSR count). The molecular formula is C16H23NO4. The predicted octanol–water partition coefficient (Wildman–Crippen LogP) is 2.50. The average molecular weight is 293 g/mol. The Balaban J connectivity index is 2.89.